The van der Waals surface area contributed by atoms with Crippen LogP contribution in [-0.2, 0) is 0 Å². The lowest BCUT2D eigenvalue weighted by Gasteiger charge is -2.03. The van der Waals surface area contributed by atoms with Crippen molar-refractivity contribution in [1.29, 1.82) is 0 Å². The van der Waals surface area contributed by atoms with Crippen LogP contribution in [0.25, 0.3) is 0 Å². The number of rotatable bonds is 2. The topological polar surface area (TPSA) is 22.1 Å². The summed E-state index contributed by atoms with van der Waals surface area (Å²) in [6.07, 6.45) is 0. The summed E-state index contributed by atoms with van der Waals surface area (Å²) in [7, 11) is 0. The van der Waals surface area contributed by atoms with E-state index in [4.69, 9.17) is 16.3 Å². The molecule has 2 nitrogen and oxygen atoms in total. The summed E-state index contributed by atoms with van der Waals surface area (Å²) in [6, 6.07) is 4.19. The van der Waals surface area contributed by atoms with E-state index >= 15 is 0 Å². The Morgan fingerprint density at radius 2 is 2.27 bits per heavy atom. The Labute approximate surface area is 103 Å². The summed E-state index contributed by atoms with van der Waals surface area (Å²) in [5.74, 6) is 0.0110. The second-order valence-electron chi connectivity index (χ2n) is 2.61. The van der Waals surface area contributed by atoms with Crippen molar-refractivity contribution in [2.75, 3.05) is 0 Å². The maximum absolute atomic E-state index is 12.9. The molecule has 0 aliphatic carbocycles. The van der Waals surface area contributed by atoms with E-state index in [1.165, 1.54) is 23.5 Å². The van der Waals surface area contributed by atoms with Gasteiger partial charge in [0.2, 0.25) is 0 Å². The van der Waals surface area contributed by atoms with Gasteiger partial charge >= 0.3 is 0 Å². The van der Waals surface area contributed by atoms with Gasteiger partial charge in [-0.25, -0.2) is 4.39 Å². The van der Waals surface area contributed by atoms with E-state index < -0.39 is 0 Å². The Kier molecular flexibility index (Phi) is 3.23. The summed E-state index contributed by atoms with van der Waals surface area (Å²) in [6.45, 7) is 0. The molecule has 15 heavy (non-hydrogen) atoms. The van der Waals surface area contributed by atoms with Crippen LogP contribution in [0, 0.1) is 5.82 Å². The second-order valence-corrected chi connectivity index (χ2v) is 4.68. The third-order valence-electron chi connectivity index (χ3n) is 1.55. The molecule has 1 heterocycles. The Morgan fingerprint density at radius 3 is 2.93 bits per heavy atom. The van der Waals surface area contributed by atoms with Crippen molar-refractivity contribution >= 4 is 38.9 Å². The van der Waals surface area contributed by atoms with Crippen LogP contribution < -0.4 is 4.74 Å². The number of thiazole rings is 1. The molecule has 0 fully saturated rings. The maximum Gasteiger partial charge on any atom is 0.280 e. The average Bonchev–Trinajstić information content (AvgIpc) is 2.58. The van der Waals surface area contributed by atoms with E-state index in [2.05, 4.69) is 20.9 Å². The van der Waals surface area contributed by atoms with Crippen molar-refractivity contribution in [2.24, 2.45) is 0 Å². The third kappa shape index (κ3) is 2.68. The van der Waals surface area contributed by atoms with Crippen molar-refractivity contribution in [3.05, 3.63) is 39.0 Å². The predicted octanol–water partition coefficient (Wildman–Crippen LogP) is 4.49. The molecule has 0 radical (unpaired) electrons. The third-order valence-corrected chi connectivity index (χ3v) is 3.24. The minimum absolute atomic E-state index is 0.363. The van der Waals surface area contributed by atoms with Crippen molar-refractivity contribution in [3.8, 4) is 10.9 Å². The van der Waals surface area contributed by atoms with E-state index in [9.17, 15) is 4.39 Å². The van der Waals surface area contributed by atoms with Gasteiger partial charge in [0, 0.05) is 11.4 Å². The first-order valence-corrected chi connectivity index (χ1v) is 5.94. The normalized spacial score (nSPS) is 10.3. The van der Waals surface area contributed by atoms with E-state index in [0.717, 1.165) is 0 Å². The van der Waals surface area contributed by atoms with E-state index in [0.29, 0.717) is 20.6 Å². The van der Waals surface area contributed by atoms with Crippen LogP contribution in [-0.4, -0.2) is 4.98 Å². The maximum atomic E-state index is 12.9. The standard InChI is InChI=1S/C9H4BrClFNOS/c10-6-2-1-5(12)3-7(6)14-9-13-8(11)4-15-9/h1-4H. The molecule has 0 aliphatic rings. The van der Waals surface area contributed by atoms with Crippen LogP contribution in [0.4, 0.5) is 4.39 Å². The first kappa shape index (κ1) is 10.9. The van der Waals surface area contributed by atoms with E-state index in [-0.39, 0.29) is 5.82 Å². The first-order chi connectivity index (χ1) is 7.15. The van der Waals surface area contributed by atoms with Gasteiger partial charge < -0.3 is 4.74 Å². The number of halogens is 3. The van der Waals surface area contributed by atoms with Crippen molar-refractivity contribution in [2.45, 2.75) is 0 Å². The molecule has 0 N–H and O–H groups in total. The van der Waals surface area contributed by atoms with Gasteiger partial charge in [0.15, 0.2) is 0 Å². The molecule has 0 amide bonds. The fourth-order valence-corrected chi connectivity index (χ4v) is 2.06. The number of nitrogens with zero attached hydrogens (tertiary/aromatic N) is 1. The molecule has 2 aromatic rings. The summed E-state index contributed by atoms with van der Waals surface area (Å²) in [5.41, 5.74) is 0. The van der Waals surface area contributed by atoms with Gasteiger partial charge in [-0.05, 0) is 28.1 Å². The lowest BCUT2D eigenvalue weighted by atomic mass is 10.3. The van der Waals surface area contributed by atoms with E-state index in [1.807, 2.05) is 0 Å². The zero-order valence-electron chi connectivity index (χ0n) is 7.21. The molecule has 6 heteroatoms. The molecule has 0 saturated carbocycles. The summed E-state index contributed by atoms with van der Waals surface area (Å²) in [4.78, 5) is 3.90. The molecule has 0 aliphatic heterocycles. The highest BCUT2D eigenvalue weighted by atomic mass is 79.9. The zero-order valence-corrected chi connectivity index (χ0v) is 10.4. The molecule has 1 aromatic carbocycles. The highest BCUT2D eigenvalue weighted by Gasteiger charge is 2.07. The minimum atomic E-state index is -0.365. The number of ether oxygens (including phenoxy) is 1. The summed E-state index contributed by atoms with van der Waals surface area (Å²) < 4.78 is 18.9. The highest BCUT2D eigenvalue weighted by Crippen LogP contribution is 2.32. The van der Waals surface area contributed by atoms with Gasteiger partial charge in [-0.3, -0.25) is 0 Å². The zero-order chi connectivity index (χ0) is 10.8. The van der Waals surface area contributed by atoms with Gasteiger partial charge in [0.25, 0.3) is 5.19 Å². The number of aromatic nitrogens is 1. The molecule has 0 atom stereocenters. The largest absolute Gasteiger partial charge is 0.430 e. The lowest BCUT2D eigenvalue weighted by molar-refractivity contribution is 0.470. The average molecular weight is 309 g/mol. The Hall–Kier alpha value is -0.650. The van der Waals surface area contributed by atoms with Gasteiger partial charge in [-0.2, -0.15) is 4.98 Å². The van der Waals surface area contributed by atoms with Crippen LogP contribution in [0.3, 0.4) is 0 Å². The molecular weight excluding hydrogens is 305 g/mol. The SMILES string of the molecule is Fc1ccc(Br)c(Oc2nc(Cl)cs2)c1. The molecule has 0 spiro atoms. The predicted molar refractivity (Wildman–Crippen MR) is 61.3 cm³/mol. The smallest absolute Gasteiger partial charge is 0.280 e. The molecule has 0 unspecified atom stereocenters. The molecular formula is C9H4BrClFNOS. The second kappa shape index (κ2) is 4.47. The number of hydrogen-bond donors (Lipinski definition) is 0. The molecule has 2 rings (SSSR count). The van der Waals surface area contributed by atoms with Crippen LogP contribution in [0.2, 0.25) is 5.15 Å². The van der Waals surface area contributed by atoms with Crippen LogP contribution >= 0.6 is 38.9 Å². The number of hydrogen-bond acceptors (Lipinski definition) is 3. The van der Waals surface area contributed by atoms with Crippen molar-refractivity contribution in [1.82, 2.24) is 4.98 Å². The van der Waals surface area contributed by atoms with Crippen LogP contribution in [0.5, 0.6) is 10.9 Å². The Morgan fingerprint density at radius 1 is 1.47 bits per heavy atom. The first-order valence-electron chi connectivity index (χ1n) is 3.89. The van der Waals surface area contributed by atoms with E-state index in [1.54, 1.807) is 11.4 Å². The van der Waals surface area contributed by atoms with Gasteiger partial charge in [-0.1, -0.05) is 22.9 Å². The van der Waals surface area contributed by atoms with Gasteiger partial charge in [0.1, 0.15) is 16.7 Å². The Balaban J connectivity index is 2.27. The van der Waals surface area contributed by atoms with Gasteiger partial charge in [0.05, 0.1) is 4.47 Å². The highest BCUT2D eigenvalue weighted by molar-refractivity contribution is 9.10. The molecule has 78 valence electrons. The monoisotopic (exact) mass is 307 g/mol. The fraction of sp³-hybridized carbons (Fsp3) is 0. The molecule has 0 saturated heterocycles. The van der Waals surface area contributed by atoms with Crippen molar-refractivity contribution < 1.29 is 9.13 Å². The molecule has 0 bridgehead atoms. The fourth-order valence-electron chi connectivity index (χ4n) is 0.935. The van der Waals surface area contributed by atoms with Crippen LogP contribution in [0.1, 0.15) is 0 Å². The van der Waals surface area contributed by atoms with Crippen LogP contribution in [0.15, 0.2) is 28.1 Å². The summed E-state index contributed by atoms with van der Waals surface area (Å²) in [5, 5.41) is 2.39. The van der Waals surface area contributed by atoms with Gasteiger partial charge in [-0.15, -0.1) is 0 Å². The minimum Gasteiger partial charge on any atom is -0.430 e. The number of benzene rings is 1. The quantitative estimate of drug-likeness (QED) is 0.815. The molecule has 1 aromatic heterocycles. The lowest BCUT2D eigenvalue weighted by Crippen LogP contribution is -1.85. The van der Waals surface area contributed by atoms with Crippen molar-refractivity contribution in [3.63, 3.8) is 0 Å². The Bertz CT molecular complexity index is 491. The summed E-state index contributed by atoms with van der Waals surface area (Å²) >= 11 is 10.1.